The van der Waals surface area contributed by atoms with E-state index in [0.717, 1.165) is 24.0 Å². The number of benzene rings is 1. The summed E-state index contributed by atoms with van der Waals surface area (Å²) >= 11 is 0. The number of carbonyl (C=O) groups is 3. The molecule has 29 heavy (non-hydrogen) atoms. The highest BCUT2D eigenvalue weighted by Gasteiger charge is 2.45. The lowest BCUT2D eigenvalue weighted by Gasteiger charge is -2.31. The van der Waals surface area contributed by atoms with Crippen molar-refractivity contribution in [3.63, 3.8) is 0 Å². The minimum atomic E-state index is -0.809. The van der Waals surface area contributed by atoms with Gasteiger partial charge in [-0.2, -0.15) is 0 Å². The zero-order valence-electron chi connectivity index (χ0n) is 17.3. The third-order valence-electron chi connectivity index (χ3n) is 5.97. The minimum absolute atomic E-state index is 0.0354. The first-order chi connectivity index (χ1) is 13.9. The zero-order chi connectivity index (χ0) is 20.9. The van der Waals surface area contributed by atoms with Gasteiger partial charge in [-0.25, -0.2) is 0 Å². The molecule has 0 aromatic heterocycles. The Morgan fingerprint density at radius 1 is 1.10 bits per heavy atom. The van der Waals surface area contributed by atoms with E-state index in [0.29, 0.717) is 44.8 Å². The lowest BCUT2D eigenvalue weighted by molar-refractivity contribution is -0.161. The second-order valence-electron chi connectivity index (χ2n) is 8.08. The summed E-state index contributed by atoms with van der Waals surface area (Å²) in [6.07, 6.45) is 3.17. The van der Waals surface area contributed by atoms with Crippen molar-refractivity contribution in [2.75, 3.05) is 38.2 Å². The molecule has 1 N–H and O–H groups in total. The average molecular weight is 402 g/mol. The van der Waals surface area contributed by atoms with Gasteiger partial charge in [0.1, 0.15) is 0 Å². The molecule has 7 heteroatoms. The first kappa shape index (κ1) is 21.3. The monoisotopic (exact) mass is 402 g/mol. The fraction of sp³-hybridized carbons (Fsp3) is 0.591. The van der Waals surface area contributed by atoms with Crippen LogP contribution in [0.2, 0.25) is 0 Å². The van der Waals surface area contributed by atoms with Crippen molar-refractivity contribution in [1.29, 1.82) is 0 Å². The maximum absolute atomic E-state index is 12.8. The van der Waals surface area contributed by atoms with Crippen LogP contribution in [0.15, 0.2) is 18.2 Å². The van der Waals surface area contributed by atoms with Crippen LogP contribution in [0.1, 0.15) is 43.2 Å². The normalized spacial score (nSPS) is 18.3. The first-order valence-corrected chi connectivity index (χ1v) is 10.3. The van der Waals surface area contributed by atoms with E-state index in [4.69, 9.17) is 9.47 Å². The molecular weight excluding hydrogens is 372 g/mol. The van der Waals surface area contributed by atoms with Gasteiger partial charge in [-0.15, -0.1) is 0 Å². The number of ether oxygens (including phenoxy) is 2. The van der Waals surface area contributed by atoms with Crippen molar-refractivity contribution in [2.45, 2.75) is 46.0 Å². The average Bonchev–Trinajstić information content (AvgIpc) is 3.19. The van der Waals surface area contributed by atoms with Gasteiger partial charge in [0.15, 0.2) is 6.61 Å². The molecule has 0 spiro atoms. The Hall–Kier alpha value is -2.41. The topological polar surface area (TPSA) is 84.9 Å². The summed E-state index contributed by atoms with van der Waals surface area (Å²) in [5.74, 6) is -0.854. The van der Waals surface area contributed by atoms with Crippen molar-refractivity contribution < 1.29 is 23.9 Å². The molecular formula is C22H30N2O5. The molecule has 3 rings (SSSR count). The number of rotatable bonds is 6. The van der Waals surface area contributed by atoms with Gasteiger partial charge >= 0.3 is 5.97 Å². The predicted octanol–water partition coefficient (Wildman–Crippen LogP) is 2.59. The zero-order valence-corrected chi connectivity index (χ0v) is 17.3. The van der Waals surface area contributed by atoms with Crippen LogP contribution in [0, 0.1) is 19.3 Å². The Morgan fingerprint density at radius 2 is 1.79 bits per heavy atom. The molecule has 2 fully saturated rings. The van der Waals surface area contributed by atoms with Gasteiger partial charge in [-0.3, -0.25) is 14.4 Å². The molecule has 0 radical (unpaired) electrons. The molecule has 0 unspecified atom stereocenters. The van der Waals surface area contributed by atoms with E-state index in [-0.39, 0.29) is 24.8 Å². The molecule has 1 aliphatic carbocycles. The van der Waals surface area contributed by atoms with Crippen LogP contribution < -0.4 is 5.32 Å². The molecule has 1 aliphatic heterocycles. The highest BCUT2D eigenvalue weighted by molar-refractivity contribution is 5.94. The second kappa shape index (κ2) is 9.39. The summed E-state index contributed by atoms with van der Waals surface area (Å²) < 4.78 is 10.6. The number of nitrogens with zero attached hydrogens (tertiary/aromatic N) is 1. The molecule has 1 saturated heterocycles. The summed E-state index contributed by atoms with van der Waals surface area (Å²) in [5, 5.41) is 2.76. The van der Waals surface area contributed by atoms with Crippen LogP contribution in [0.3, 0.4) is 0 Å². The molecule has 1 aromatic rings. The maximum atomic E-state index is 12.8. The number of anilines is 1. The summed E-state index contributed by atoms with van der Waals surface area (Å²) in [6.45, 7) is 5.80. The number of esters is 1. The Balaban J connectivity index is 1.55. The molecule has 0 bridgehead atoms. The van der Waals surface area contributed by atoms with Crippen LogP contribution in [0.4, 0.5) is 5.69 Å². The smallest absolute Gasteiger partial charge is 0.313 e. The van der Waals surface area contributed by atoms with Crippen LogP contribution in [-0.4, -0.2) is 55.6 Å². The Kier molecular flexibility index (Phi) is 6.90. The fourth-order valence-corrected chi connectivity index (χ4v) is 4.02. The maximum Gasteiger partial charge on any atom is 0.313 e. The van der Waals surface area contributed by atoms with Crippen LogP contribution in [-0.2, 0) is 23.9 Å². The van der Waals surface area contributed by atoms with E-state index >= 15 is 0 Å². The van der Waals surface area contributed by atoms with Crippen LogP contribution in [0.25, 0.3) is 0 Å². The van der Waals surface area contributed by atoms with E-state index in [9.17, 15) is 14.4 Å². The van der Waals surface area contributed by atoms with Crippen molar-refractivity contribution in [3.05, 3.63) is 29.3 Å². The van der Waals surface area contributed by atoms with Gasteiger partial charge in [0.25, 0.3) is 5.91 Å². The van der Waals surface area contributed by atoms with Crippen molar-refractivity contribution in [1.82, 2.24) is 4.90 Å². The second-order valence-corrected chi connectivity index (χ2v) is 8.08. The van der Waals surface area contributed by atoms with E-state index < -0.39 is 11.4 Å². The molecule has 1 aromatic carbocycles. The molecule has 7 nitrogen and oxygen atoms in total. The van der Waals surface area contributed by atoms with Gasteiger partial charge < -0.3 is 19.7 Å². The van der Waals surface area contributed by atoms with Gasteiger partial charge in [-0.05, 0) is 49.9 Å². The number of amides is 2. The van der Waals surface area contributed by atoms with Gasteiger partial charge in [0.05, 0.1) is 18.6 Å². The van der Waals surface area contributed by atoms with Gasteiger partial charge in [-0.1, -0.05) is 18.9 Å². The van der Waals surface area contributed by atoms with Gasteiger partial charge in [0.2, 0.25) is 5.91 Å². The molecule has 158 valence electrons. The van der Waals surface area contributed by atoms with Crippen molar-refractivity contribution in [3.8, 4) is 0 Å². The molecule has 0 atom stereocenters. The number of nitrogens with one attached hydrogen (secondary N) is 1. The van der Waals surface area contributed by atoms with E-state index in [1.165, 1.54) is 0 Å². The Labute approximate surface area is 171 Å². The first-order valence-electron chi connectivity index (χ1n) is 10.3. The third-order valence-corrected chi connectivity index (χ3v) is 5.97. The highest BCUT2D eigenvalue weighted by atomic mass is 16.5. The predicted molar refractivity (Wildman–Crippen MR) is 108 cm³/mol. The summed E-state index contributed by atoms with van der Waals surface area (Å²) in [4.78, 5) is 39.5. The quantitative estimate of drug-likeness (QED) is 0.740. The third kappa shape index (κ3) is 5.35. The van der Waals surface area contributed by atoms with Crippen molar-refractivity contribution in [2.24, 2.45) is 5.41 Å². The van der Waals surface area contributed by atoms with Gasteiger partial charge in [0, 0.05) is 25.2 Å². The van der Waals surface area contributed by atoms with Crippen LogP contribution >= 0.6 is 0 Å². The van der Waals surface area contributed by atoms with Crippen LogP contribution in [0.5, 0.6) is 0 Å². The molecule has 1 saturated carbocycles. The van der Waals surface area contributed by atoms with E-state index in [1.54, 1.807) is 4.90 Å². The minimum Gasteiger partial charge on any atom is -0.455 e. The highest BCUT2D eigenvalue weighted by Crippen LogP contribution is 2.42. The van der Waals surface area contributed by atoms with Crippen molar-refractivity contribution >= 4 is 23.5 Å². The lowest BCUT2D eigenvalue weighted by Crippen LogP contribution is -2.44. The number of hydrogen-bond donors (Lipinski definition) is 1. The molecule has 2 amide bonds. The summed E-state index contributed by atoms with van der Waals surface area (Å²) in [7, 11) is 0. The molecule has 2 aliphatic rings. The number of morpholine rings is 1. The summed E-state index contributed by atoms with van der Waals surface area (Å²) in [5.41, 5.74) is 2.08. The number of aryl methyl sites for hydroxylation is 2. The SMILES string of the molecule is Cc1ccc(NC(=O)COC(=O)C2(CC(=O)N3CCOCC3)CCCC2)cc1C. The Morgan fingerprint density at radius 3 is 2.45 bits per heavy atom. The Bertz CT molecular complexity index is 764. The lowest BCUT2D eigenvalue weighted by atomic mass is 9.82. The largest absolute Gasteiger partial charge is 0.455 e. The summed E-state index contributed by atoms with van der Waals surface area (Å²) in [6, 6.07) is 5.64. The fourth-order valence-electron chi connectivity index (χ4n) is 4.02. The number of hydrogen-bond acceptors (Lipinski definition) is 5. The van der Waals surface area contributed by atoms with E-state index in [2.05, 4.69) is 5.32 Å². The molecule has 1 heterocycles. The standard InChI is InChI=1S/C22H30N2O5/c1-16-5-6-18(13-17(16)2)23-19(25)15-29-21(27)22(7-3-4-8-22)14-20(26)24-9-11-28-12-10-24/h5-6,13H,3-4,7-12,14-15H2,1-2H3,(H,23,25). The number of carbonyl (C=O) groups excluding carboxylic acids is 3. The van der Waals surface area contributed by atoms with E-state index in [1.807, 2.05) is 32.0 Å².